The summed E-state index contributed by atoms with van der Waals surface area (Å²) in [5, 5.41) is 5.00. The first-order valence-electron chi connectivity index (χ1n) is 6.46. The van der Waals surface area contributed by atoms with Gasteiger partial charge in [0.15, 0.2) is 6.61 Å². The highest BCUT2D eigenvalue weighted by atomic mass is 79.9. The zero-order chi connectivity index (χ0) is 16.6. The van der Waals surface area contributed by atoms with Crippen molar-refractivity contribution in [2.75, 3.05) is 17.2 Å². The van der Waals surface area contributed by atoms with Gasteiger partial charge in [-0.3, -0.25) is 9.59 Å². The molecule has 0 bridgehead atoms. The summed E-state index contributed by atoms with van der Waals surface area (Å²) in [5.74, 6) is -2.14. The molecule has 0 aliphatic carbocycles. The number of carbonyl (C=O) groups excluding carboxylic acids is 2. The third kappa shape index (κ3) is 3.16. The van der Waals surface area contributed by atoms with Gasteiger partial charge in [-0.25, -0.2) is 8.78 Å². The minimum Gasteiger partial charge on any atom is -0.482 e. The van der Waals surface area contributed by atoms with E-state index in [0.717, 1.165) is 12.1 Å². The molecule has 0 spiro atoms. The number of benzene rings is 2. The molecule has 0 radical (unpaired) electrons. The maximum Gasteiger partial charge on any atom is 0.262 e. The highest BCUT2D eigenvalue weighted by Gasteiger charge is 2.18. The van der Waals surface area contributed by atoms with Crippen LogP contribution in [-0.2, 0) is 4.79 Å². The number of carbonyl (C=O) groups is 2. The van der Waals surface area contributed by atoms with E-state index in [1.165, 1.54) is 18.2 Å². The normalized spacial score (nSPS) is 12.9. The topological polar surface area (TPSA) is 67.4 Å². The molecule has 5 nitrogen and oxygen atoms in total. The number of nitrogens with one attached hydrogen (secondary N) is 2. The van der Waals surface area contributed by atoms with Crippen LogP contribution in [0.5, 0.6) is 5.75 Å². The second kappa shape index (κ2) is 5.96. The summed E-state index contributed by atoms with van der Waals surface area (Å²) >= 11 is 2.76. The van der Waals surface area contributed by atoms with Gasteiger partial charge in [-0.05, 0) is 46.3 Å². The molecular formula is C15H9BrF2N2O3. The Morgan fingerprint density at radius 2 is 1.91 bits per heavy atom. The molecule has 3 rings (SSSR count). The Morgan fingerprint density at radius 1 is 1.22 bits per heavy atom. The second-order valence-electron chi connectivity index (χ2n) is 4.76. The number of hydrogen-bond acceptors (Lipinski definition) is 3. The molecule has 2 aromatic rings. The van der Waals surface area contributed by atoms with Crippen LogP contribution in [0, 0.1) is 11.6 Å². The summed E-state index contributed by atoms with van der Waals surface area (Å²) in [6.07, 6.45) is 0. The van der Waals surface area contributed by atoms with Crippen molar-refractivity contribution in [3.05, 3.63) is 52.0 Å². The minimum absolute atomic E-state index is 0.0138. The molecule has 1 aliphatic rings. The SMILES string of the molecule is O=C1COc2cc(C(=O)Nc3cc(F)c(Br)c(F)c3)ccc2N1. The maximum absolute atomic E-state index is 13.5. The molecule has 23 heavy (non-hydrogen) atoms. The van der Waals surface area contributed by atoms with E-state index in [1.54, 1.807) is 0 Å². The van der Waals surface area contributed by atoms with Crippen LogP contribution < -0.4 is 15.4 Å². The number of ether oxygens (including phenoxy) is 1. The van der Waals surface area contributed by atoms with Crippen molar-refractivity contribution >= 4 is 39.1 Å². The van der Waals surface area contributed by atoms with Crippen LogP contribution in [0.1, 0.15) is 10.4 Å². The molecule has 0 unspecified atom stereocenters. The third-order valence-corrected chi connectivity index (χ3v) is 3.88. The van der Waals surface area contributed by atoms with Crippen molar-refractivity contribution in [3.8, 4) is 5.75 Å². The molecule has 2 amide bonds. The molecule has 0 atom stereocenters. The fourth-order valence-electron chi connectivity index (χ4n) is 2.05. The van der Waals surface area contributed by atoms with Crippen LogP contribution in [0.2, 0.25) is 0 Å². The Kier molecular flexibility index (Phi) is 3.99. The number of rotatable bonds is 2. The Bertz CT molecular complexity index is 803. The van der Waals surface area contributed by atoms with Crippen molar-refractivity contribution in [2.24, 2.45) is 0 Å². The van der Waals surface area contributed by atoms with E-state index in [4.69, 9.17) is 4.74 Å². The van der Waals surface area contributed by atoms with Gasteiger partial charge in [0.2, 0.25) is 0 Å². The predicted octanol–water partition coefficient (Wildman–Crippen LogP) is 3.31. The highest BCUT2D eigenvalue weighted by molar-refractivity contribution is 9.10. The van der Waals surface area contributed by atoms with Crippen LogP contribution in [0.25, 0.3) is 0 Å². The summed E-state index contributed by atoms with van der Waals surface area (Å²) < 4.78 is 31.8. The second-order valence-corrected chi connectivity index (χ2v) is 5.55. The van der Waals surface area contributed by atoms with Crippen molar-refractivity contribution in [2.45, 2.75) is 0 Å². The average Bonchev–Trinajstić information content (AvgIpc) is 2.52. The number of amides is 2. The van der Waals surface area contributed by atoms with Gasteiger partial charge in [0.1, 0.15) is 17.4 Å². The van der Waals surface area contributed by atoms with Crippen molar-refractivity contribution in [1.82, 2.24) is 0 Å². The lowest BCUT2D eigenvalue weighted by molar-refractivity contribution is -0.118. The monoisotopic (exact) mass is 382 g/mol. The average molecular weight is 383 g/mol. The van der Waals surface area contributed by atoms with Crippen LogP contribution in [0.3, 0.4) is 0 Å². The maximum atomic E-state index is 13.5. The molecule has 0 fully saturated rings. The zero-order valence-electron chi connectivity index (χ0n) is 11.5. The third-order valence-electron chi connectivity index (χ3n) is 3.12. The number of anilines is 2. The van der Waals surface area contributed by atoms with E-state index in [-0.39, 0.29) is 28.2 Å². The van der Waals surface area contributed by atoms with E-state index in [0.29, 0.717) is 11.4 Å². The smallest absolute Gasteiger partial charge is 0.262 e. The highest BCUT2D eigenvalue weighted by Crippen LogP contribution is 2.29. The largest absolute Gasteiger partial charge is 0.482 e. The van der Waals surface area contributed by atoms with Crippen molar-refractivity contribution < 1.29 is 23.1 Å². The number of halogens is 3. The minimum atomic E-state index is -0.822. The standard InChI is InChI=1S/C15H9BrF2N2O3/c16-14-9(17)4-8(5-10(14)18)19-15(22)7-1-2-11-12(3-7)23-6-13(21)20-11/h1-5H,6H2,(H,19,22)(H,20,21). The van der Waals surface area contributed by atoms with E-state index in [2.05, 4.69) is 26.6 Å². The summed E-state index contributed by atoms with van der Waals surface area (Å²) in [7, 11) is 0. The fraction of sp³-hybridized carbons (Fsp3) is 0.0667. The molecule has 118 valence electrons. The molecule has 1 aliphatic heterocycles. The quantitative estimate of drug-likeness (QED) is 0.783. The Labute approximate surface area is 137 Å². The molecule has 8 heteroatoms. The van der Waals surface area contributed by atoms with Gasteiger partial charge >= 0.3 is 0 Å². The molecular weight excluding hydrogens is 374 g/mol. The number of hydrogen-bond donors (Lipinski definition) is 2. The van der Waals surface area contributed by atoms with Gasteiger partial charge in [0.25, 0.3) is 11.8 Å². The first-order chi connectivity index (χ1) is 10.9. The van der Waals surface area contributed by atoms with Gasteiger partial charge in [0, 0.05) is 11.3 Å². The van der Waals surface area contributed by atoms with Gasteiger partial charge in [0.05, 0.1) is 10.2 Å². The lowest BCUT2D eigenvalue weighted by Crippen LogP contribution is -2.25. The molecule has 1 heterocycles. The molecule has 0 aromatic heterocycles. The molecule has 2 aromatic carbocycles. The lowest BCUT2D eigenvalue weighted by Gasteiger charge is -2.18. The lowest BCUT2D eigenvalue weighted by atomic mass is 10.1. The van der Waals surface area contributed by atoms with Crippen LogP contribution in [-0.4, -0.2) is 18.4 Å². The zero-order valence-corrected chi connectivity index (χ0v) is 13.0. The summed E-state index contributed by atoms with van der Waals surface area (Å²) in [4.78, 5) is 23.3. The van der Waals surface area contributed by atoms with Crippen LogP contribution >= 0.6 is 15.9 Å². The van der Waals surface area contributed by atoms with Crippen LogP contribution in [0.15, 0.2) is 34.8 Å². The fourth-order valence-corrected chi connectivity index (χ4v) is 2.28. The summed E-state index contributed by atoms with van der Waals surface area (Å²) in [5.41, 5.74) is 0.669. The van der Waals surface area contributed by atoms with Crippen LogP contribution in [0.4, 0.5) is 20.2 Å². The first-order valence-corrected chi connectivity index (χ1v) is 7.26. The van der Waals surface area contributed by atoms with Gasteiger partial charge in [-0.15, -0.1) is 0 Å². The van der Waals surface area contributed by atoms with E-state index in [9.17, 15) is 18.4 Å². The van der Waals surface area contributed by atoms with E-state index >= 15 is 0 Å². The van der Waals surface area contributed by atoms with E-state index in [1.807, 2.05) is 0 Å². The predicted molar refractivity (Wildman–Crippen MR) is 82.6 cm³/mol. The Balaban J connectivity index is 1.83. The molecule has 2 N–H and O–H groups in total. The molecule has 0 saturated heterocycles. The van der Waals surface area contributed by atoms with Gasteiger partial charge in [-0.1, -0.05) is 0 Å². The summed E-state index contributed by atoms with van der Waals surface area (Å²) in [6, 6.07) is 6.43. The van der Waals surface area contributed by atoms with Gasteiger partial charge in [-0.2, -0.15) is 0 Å². The molecule has 0 saturated carbocycles. The van der Waals surface area contributed by atoms with Gasteiger partial charge < -0.3 is 15.4 Å². The summed E-state index contributed by atoms with van der Waals surface area (Å²) in [6.45, 7) is -0.138. The Morgan fingerprint density at radius 3 is 2.61 bits per heavy atom. The number of fused-ring (bicyclic) bond motifs is 1. The first kappa shape index (κ1) is 15.4. The Hall–Kier alpha value is -2.48. The van der Waals surface area contributed by atoms with Crippen molar-refractivity contribution in [3.63, 3.8) is 0 Å². The van der Waals surface area contributed by atoms with E-state index < -0.39 is 17.5 Å². The van der Waals surface area contributed by atoms with Crippen molar-refractivity contribution in [1.29, 1.82) is 0 Å².